The highest BCUT2D eigenvalue weighted by Crippen LogP contribution is 2.58. The van der Waals surface area contributed by atoms with Crippen molar-refractivity contribution < 1.29 is 10.2 Å². The molecule has 0 aromatic heterocycles. The Balaban J connectivity index is 2.12. The molecule has 0 aromatic rings. The first-order valence-electron chi connectivity index (χ1n) is 10.1. The van der Waals surface area contributed by atoms with Crippen LogP contribution >= 0.6 is 0 Å². The van der Waals surface area contributed by atoms with Crippen LogP contribution < -0.4 is 0 Å². The van der Waals surface area contributed by atoms with Crippen LogP contribution in [0.25, 0.3) is 0 Å². The van der Waals surface area contributed by atoms with Crippen molar-refractivity contribution in [1.82, 2.24) is 0 Å². The molecule has 0 aromatic carbocycles. The Morgan fingerprint density at radius 1 is 0.957 bits per heavy atom. The molecule has 0 amide bonds. The predicted molar refractivity (Wildman–Crippen MR) is 97.1 cm³/mol. The predicted octanol–water partition coefficient (Wildman–Crippen LogP) is 4.73. The Kier molecular flexibility index (Phi) is 6.58. The summed E-state index contributed by atoms with van der Waals surface area (Å²) in [4.78, 5) is 0. The number of rotatable bonds is 6. The van der Waals surface area contributed by atoms with Crippen molar-refractivity contribution in [2.24, 2.45) is 47.3 Å². The normalized spacial score (nSPS) is 42.8. The molecule has 8 atom stereocenters. The van der Waals surface area contributed by atoms with Crippen molar-refractivity contribution in [1.29, 1.82) is 0 Å². The van der Waals surface area contributed by atoms with Crippen LogP contribution in [0.3, 0.4) is 0 Å². The highest BCUT2D eigenvalue weighted by atomic mass is 16.3. The fourth-order valence-corrected chi connectivity index (χ4v) is 6.29. The summed E-state index contributed by atoms with van der Waals surface area (Å²) in [5, 5.41) is 20.0. The van der Waals surface area contributed by atoms with E-state index in [-0.39, 0.29) is 0 Å². The molecule has 2 aliphatic carbocycles. The van der Waals surface area contributed by atoms with Gasteiger partial charge in [0.25, 0.3) is 0 Å². The quantitative estimate of drug-likeness (QED) is 0.741. The van der Waals surface area contributed by atoms with Crippen molar-refractivity contribution in [3.63, 3.8) is 0 Å². The monoisotopic (exact) mass is 324 g/mol. The number of hydrogen-bond acceptors (Lipinski definition) is 2. The molecule has 0 bridgehead atoms. The molecule has 0 saturated heterocycles. The fraction of sp³-hybridized carbons (Fsp3) is 1.00. The van der Waals surface area contributed by atoms with E-state index in [1.807, 2.05) is 0 Å². The zero-order valence-electron chi connectivity index (χ0n) is 16.2. The maximum absolute atomic E-state index is 10.1. The Hall–Kier alpha value is -0.0800. The minimum absolute atomic E-state index is 0.488. The van der Waals surface area contributed by atoms with E-state index in [4.69, 9.17) is 0 Å². The minimum atomic E-state index is -0.498. The summed E-state index contributed by atoms with van der Waals surface area (Å²) < 4.78 is 0. The zero-order chi connectivity index (χ0) is 17.3. The average Bonchev–Trinajstić information content (AvgIpc) is 2.46. The lowest BCUT2D eigenvalue weighted by atomic mass is 9.47. The standard InChI is InChI=1S/C21H40O2/c1-7-16(15-8-9-18(22)19(23)11-15)21-14(6)20(13(4)5)17(21)10-12(2)3/h12-23H,7-11H2,1-6H3. The molecule has 8 unspecified atom stereocenters. The van der Waals surface area contributed by atoms with Gasteiger partial charge in [-0.1, -0.05) is 48.0 Å². The van der Waals surface area contributed by atoms with Crippen LogP contribution in [0, 0.1) is 47.3 Å². The van der Waals surface area contributed by atoms with E-state index in [1.54, 1.807) is 0 Å². The highest BCUT2D eigenvalue weighted by molar-refractivity contribution is 5.01. The fourth-order valence-electron chi connectivity index (χ4n) is 6.29. The second-order valence-electron chi connectivity index (χ2n) is 9.33. The summed E-state index contributed by atoms with van der Waals surface area (Å²) in [7, 11) is 0. The molecule has 2 rings (SSSR count). The Labute approximate surface area is 144 Å². The van der Waals surface area contributed by atoms with Gasteiger partial charge in [0.15, 0.2) is 0 Å². The first-order valence-corrected chi connectivity index (χ1v) is 10.1. The SMILES string of the molecule is CCC(C1CCC(O)C(O)C1)C1C(C)C(C(C)C)C1CC(C)C. The third-order valence-corrected chi connectivity index (χ3v) is 7.11. The molecular weight excluding hydrogens is 284 g/mol. The van der Waals surface area contributed by atoms with Gasteiger partial charge in [-0.3, -0.25) is 0 Å². The molecule has 2 aliphatic rings. The molecule has 0 radical (unpaired) electrons. The van der Waals surface area contributed by atoms with Gasteiger partial charge in [-0.05, 0) is 73.0 Å². The zero-order valence-corrected chi connectivity index (χ0v) is 16.2. The van der Waals surface area contributed by atoms with Gasteiger partial charge in [-0.2, -0.15) is 0 Å². The second-order valence-corrected chi connectivity index (χ2v) is 9.33. The minimum Gasteiger partial charge on any atom is -0.390 e. The smallest absolute Gasteiger partial charge is 0.0801 e. The molecule has 23 heavy (non-hydrogen) atoms. The van der Waals surface area contributed by atoms with Crippen LogP contribution in [-0.2, 0) is 0 Å². The van der Waals surface area contributed by atoms with E-state index < -0.39 is 12.2 Å². The lowest BCUT2D eigenvalue weighted by Gasteiger charge is -2.58. The van der Waals surface area contributed by atoms with E-state index in [2.05, 4.69) is 41.5 Å². The van der Waals surface area contributed by atoms with Crippen molar-refractivity contribution >= 4 is 0 Å². The third kappa shape index (κ3) is 3.95. The molecule has 136 valence electrons. The van der Waals surface area contributed by atoms with Gasteiger partial charge in [-0.25, -0.2) is 0 Å². The van der Waals surface area contributed by atoms with Crippen LogP contribution in [0.15, 0.2) is 0 Å². The molecule has 2 heteroatoms. The number of hydrogen-bond donors (Lipinski definition) is 2. The van der Waals surface area contributed by atoms with E-state index in [0.29, 0.717) is 5.92 Å². The van der Waals surface area contributed by atoms with Gasteiger partial charge >= 0.3 is 0 Å². The van der Waals surface area contributed by atoms with Crippen molar-refractivity contribution in [2.45, 2.75) is 85.9 Å². The van der Waals surface area contributed by atoms with Crippen LogP contribution in [-0.4, -0.2) is 22.4 Å². The van der Waals surface area contributed by atoms with Gasteiger partial charge in [-0.15, -0.1) is 0 Å². The molecule has 2 nitrogen and oxygen atoms in total. The van der Waals surface area contributed by atoms with Crippen molar-refractivity contribution in [3.05, 3.63) is 0 Å². The lowest BCUT2D eigenvalue weighted by Crippen LogP contribution is -2.53. The Morgan fingerprint density at radius 2 is 1.61 bits per heavy atom. The summed E-state index contributed by atoms with van der Waals surface area (Å²) in [6.45, 7) is 14.3. The van der Waals surface area contributed by atoms with Crippen molar-refractivity contribution in [3.8, 4) is 0 Å². The number of aliphatic hydroxyl groups excluding tert-OH is 2. The van der Waals surface area contributed by atoms with Crippen LogP contribution in [0.5, 0.6) is 0 Å². The lowest BCUT2D eigenvalue weighted by molar-refractivity contribution is -0.115. The summed E-state index contributed by atoms with van der Waals surface area (Å²) >= 11 is 0. The van der Waals surface area contributed by atoms with Crippen LogP contribution in [0.1, 0.15) is 73.6 Å². The average molecular weight is 325 g/mol. The number of aliphatic hydroxyl groups is 2. The second kappa shape index (κ2) is 7.87. The van der Waals surface area contributed by atoms with Gasteiger partial charge < -0.3 is 10.2 Å². The maximum atomic E-state index is 10.1. The summed E-state index contributed by atoms with van der Waals surface area (Å²) in [6, 6.07) is 0. The summed E-state index contributed by atoms with van der Waals surface area (Å²) in [5.41, 5.74) is 0. The van der Waals surface area contributed by atoms with Gasteiger partial charge in [0.1, 0.15) is 0 Å². The summed E-state index contributed by atoms with van der Waals surface area (Å²) in [6.07, 6.45) is 4.28. The molecule has 0 spiro atoms. The Morgan fingerprint density at radius 3 is 2.09 bits per heavy atom. The molecule has 2 N–H and O–H groups in total. The van der Waals surface area contributed by atoms with E-state index in [1.165, 1.54) is 12.8 Å². The largest absolute Gasteiger partial charge is 0.390 e. The summed E-state index contributed by atoms with van der Waals surface area (Å²) in [5.74, 6) is 6.25. The molecule has 2 saturated carbocycles. The topological polar surface area (TPSA) is 40.5 Å². The maximum Gasteiger partial charge on any atom is 0.0801 e. The van der Waals surface area contributed by atoms with Crippen LogP contribution in [0.4, 0.5) is 0 Å². The molecule has 0 heterocycles. The van der Waals surface area contributed by atoms with E-state index in [9.17, 15) is 10.2 Å². The van der Waals surface area contributed by atoms with Gasteiger partial charge in [0.2, 0.25) is 0 Å². The first kappa shape index (κ1) is 19.2. The van der Waals surface area contributed by atoms with Crippen molar-refractivity contribution in [2.75, 3.05) is 0 Å². The molecule has 2 fully saturated rings. The molecule has 0 aliphatic heterocycles. The third-order valence-electron chi connectivity index (χ3n) is 7.11. The molecular formula is C21H40O2. The highest BCUT2D eigenvalue weighted by Gasteiger charge is 2.52. The van der Waals surface area contributed by atoms with Crippen LogP contribution in [0.2, 0.25) is 0 Å². The van der Waals surface area contributed by atoms with Gasteiger partial charge in [0.05, 0.1) is 12.2 Å². The Bertz CT molecular complexity index is 365. The first-order chi connectivity index (χ1) is 10.8. The van der Waals surface area contributed by atoms with E-state index in [0.717, 1.165) is 60.7 Å². The van der Waals surface area contributed by atoms with Gasteiger partial charge in [0, 0.05) is 0 Å². The van der Waals surface area contributed by atoms with E-state index >= 15 is 0 Å².